The summed E-state index contributed by atoms with van der Waals surface area (Å²) in [5, 5.41) is 5.23. The van der Waals surface area contributed by atoms with E-state index in [4.69, 9.17) is 4.74 Å². The van der Waals surface area contributed by atoms with Gasteiger partial charge >= 0.3 is 6.18 Å². The number of hydrogen-bond donors (Lipinski definition) is 1. The smallest absolute Gasteiger partial charge is 0.420 e. The number of aryl methyl sites for hydroxylation is 1. The van der Waals surface area contributed by atoms with Crippen molar-refractivity contribution in [2.24, 2.45) is 0 Å². The van der Waals surface area contributed by atoms with Gasteiger partial charge in [0, 0.05) is 11.1 Å². The molecule has 0 unspecified atom stereocenters. The molecule has 0 aliphatic rings. The highest BCUT2D eigenvalue weighted by Gasteiger charge is 2.36. The maximum Gasteiger partial charge on any atom is 0.420 e. The maximum atomic E-state index is 13.3. The monoisotopic (exact) mass is 360 g/mol. The molecule has 0 amide bonds. The highest BCUT2D eigenvalue weighted by Crippen LogP contribution is 2.32. The predicted octanol–water partition coefficient (Wildman–Crippen LogP) is 5.98. The third kappa shape index (κ3) is 6.78. The van der Waals surface area contributed by atoms with Crippen molar-refractivity contribution in [2.75, 3.05) is 11.9 Å². The molecular weight excluding hydrogens is 337 g/mol. The molecule has 0 spiro atoms. The van der Waals surface area contributed by atoms with Crippen LogP contribution in [0.15, 0.2) is 41.1 Å². The number of nitrogens with zero attached hydrogens (tertiary/aromatic N) is 1. The predicted molar refractivity (Wildman–Crippen MR) is 93.0 cm³/mol. The molecule has 0 radical (unpaired) electrons. The van der Waals surface area contributed by atoms with Gasteiger partial charge in [-0.25, -0.2) is 4.98 Å². The fourth-order valence-electron chi connectivity index (χ4n) is 1.83. The first kappa shape index (κ1) is 20.3. The molecule has 1 N–H and O–H groups in total. The maximum absolute atomic E-state index is 13.3. The van der Waals surface area contributed by atoms with E-state index >= 15 is 0 Å². The Morgan fingerprint density at radius 3 is 2.62 bits per heavy atom. The number of allylic oxidation sites excluding steroid dienone is 3. The van der Waals surface area contributed by atoms with Gasteiger partial charge in [0.25, 0.3) is 0 Å². The zero-order valence-electron chi connectivity index (χ0n) is 14.2. The second kappa shape index (κ2) is 9.52. The van der Waals surface area contributed by atoms with Crippen LogP contribution in [-0.4, -0.2) is 17.8 Å². The first-order valence-corrected chi connectivity index (χ1v) is 8.62. The molecule has 0 saturated carbocycles. The molecule has 0 fully saturated rings. The summed E-state index contributed by atoms with van der Waals surface area (Å²) in [6.07, 6.45) is 0.581. The van der Waals surface area contributed by atoms with Crippen molar-refractivity contribution >= 4 is 16.5 Å². The molecule has 1 rings (SSSR count). The van der Waals surface area contributed by atoms with Gasteiger partial charge < -0.3 is 10.1 Å². The van der Waals surface area contributed by atoms with E-state index in [9.17, 15) is 13.2 Å². The number of unbranched alkanes of at least 4 members (excludes halogenated alkanes) is 2. The summed E-state index contributed by atoms with van der Waals surface area (Å²) in [5.74, 6) is -0.366. The molecule has 0 aromatic carbocycles. The Morgan fingerprint density at radius 1 is 1.42 bits per heavy atom. The van der Waals surface area contributed by atoms with Crippen LogP contribution in [0.25, 0.3) is 0 Å². The van der Waals surface area contributed by atoms with Gasteiger partial charge in [-0.15, -0.1) is 11.3 Å². The minimum Gasteiger partial charge on any atom is -0.494 e. The fraction of sp³-hybridized carbons (Fsp3) is 0.471. The number of aromatic nitrogens is 1. The zero-order valence-corrected chi connectivity index (χ0v) is 15.0. The second-order valence-electron chi connectivity index (χ2n) is 5.20. The Morgan fingerprint density at radius 2 is 2.12 bits per heavy atom. The Balaban J connectivity index is 2.88. The molecule has 24 heavy (non-hydrogen) atoms. The third-order valence-corrected chi connectivity index (χ3v) is 3.99. The first-order valence-electron chi connectivity index (χ1n) is 7.74. The van der Waals surface area contributed by atoms with Crippen molar-refractivity contribution in [1.82, 2.24) is 4.98 Å². The lowest BCUT2D eigenvalue weighted by molar-refractivity contribution is -0.0938. The van der Waals surface area contributed by atoms with Crippen molar-refractivity contribution in [2.45, 2.75) is 46.2 Å². The summed E-state index contributed by atoms with van der Waals surface area (Å²) in [6.45, 7) is 9.15. The van der Waals surface area contributed by atoms with Crippen LogP contribution in [0.1, 0.15) is 38.8 Å². The van der Waals surface area contributed by atoms with Crippen molar-refractivity contribution in [3.05, 3.63) is 46.8 Å². The van der Waals surface area contributed by atoms with Crippen LogP contribution in [0.3, 0.4) is 0 Å². The summed E-state index contributed by atoms with van der Waals surface area (Å²) in [7, 11) is 0. The summed E-state index contributed by atoms with van der Waals surface area (Å²) in [5.41, 5.74) is 0.199. The molecule has 0 aliphatic carbocycles. The van der Waals surface area contributed by atoms with Crippen LogP contribution < -0.4 is 5.32 Å². The zero-order chi connectivity index (χ0) is 18.2. The van der Waals surface area contributed by atoms with Gasteiger partial charge in [0.1, 0.15) is 5.76 Å². The minimum absolute atomic E-state index is 0.227. The van der Waals surface area contributed by atoms with E-state index < -0.39 is 11.7 Å². The highest BCUT2D eigenvalue weighted by atomic mass is 32.1. The summed E-state index contributed by atoms with van der Waals surface area (Å²) in [4.78, 5) is 4.19. The van der Waals surface area contributed by atoms with Crippen LogP contribution in [0, 0.1) is 6.92 Å². The second-order valence-corrected chi connectivity index (χ2v) is 6.06. The van der Waals surface area contributed by atoms with E-state index in [2.05, 4.69) is 16.9 Å². The lowest BCUT2D eigenvalue weighted by atomic mass is 10.1. The lowest BCUT2D eigenvalue weighted by Crippen LogP contribution is -2.16. The molecular formula is C17H23F3N2OS. The van der Waals surface area contributed by atoms with Gasteiger partial charge in [-0.2, -0.15) is 13.2 Å². The Hall–Kier alpha value is -1.76. The number of ether oxygens (including phenoxy) is 1. The van der Waals surface area contributed by atoms with Crippen LogP contribution in [0.5, 0.6) is 0 Å². The van der Waals surface area contributed by atoms with Crippen LogP contribution >= 0.6 is 11.3 Å². The van der Waals surface area contributed by atoms with Gasteiger partial charge in [-0.1, -0.05) is 32.4 Å². The minimum atomic E-state index is -4.55. The average molecular weight is 360 g/mol. The highest BCUT2D eigenvalue weighted by molar-refractivity contribution is 7.13. The molecule has 7 heteroatoms. The topological polar surface area (TPSA) is 34.1 Å². The molecule has 0 atom stereocenters. The van der Waals surface area contributed by atoms with E-state index in [0.717, 1.165) is 24.6 Å². The van der Waals surface area contributed by atoms with Crippen LogP contribution in [0.4, 0.5) is 18.3 Å². The van der Waals surface area contributed by atoms with Gasteiger partial charge in [0.15, 0.2) is 5.13 Å². The number of rotatable bonds is 9. The molecule has 0 aliphatic heterocycles. The Labute approximate surface area is 144 Å². The van der Waals surface area contributed by atoms with Crippen LogP contribution in [0.2, 0.25) is 0 Å². The van der Waals surface area contributed by atoms with Crippen molar-refractivity contribution in [3.63, 3.8) is 0 Å². The first-order chi connectivity index (χ1) is 11.3. The van der Waals surface area contributed by atoms with Crippen molar-refractivity contribution in [1.29, 1.82) is 0 Å². The van der Waals surface area contributed by atoms with Crippen LogP contribution in [-0.2, 0) is 4.74 Å². The largest absolute Gasteiger partial charge is 0.494 e. The van der Waals surface area contributed by atoms with E-state index in [-0.39, 0.29) is 18.1 Å². The lowest BCUT2D eigenvalue weighted by Gasteiger charge is -2.16. The van der Waals surface area contributed by atoms with Gasteiger partial charge in [0.05, 0.1) is 17.9 Å². The Bertz CT molecular complexity index is 603. The normalized spacial score (nSPS) is 13.1. The molecule has 134 valence electrons. The number of nitrogens with one attached hydrogen (secondary N) is 1. The number of alkyl halides is 3. The summed E-state index contributed by atoms with van der Waals surface area (Å²) in [6, 6.07) is 0. The third-order valence-electron chi connectivity index (χ3n) is 3.11. The molecule has 1 aromatic rings. The van der Waals surface area contributed by atoms with E-state index in [1.165, 1.54) is 11.3 Å². The van der Waals surface area contributed by atoms with Gasteiger partial charge in [-0.05, 0) is 26.3 Å². The number of thiazole rings is 1. The summed E-state index contributed by atoms with van der Waals surface area (Å²) < 4.78 is 45.1. The van der Waals surface area contributed by atoms with Gasteiger partial charge in [-0.3, -0.25) is 0 Å². The van der Waals surface area contributed by atoms with Crippen molar-refractivity contribution in [3.8, 4) is 0 Å². The standard InChI is InChI=1S/C17H23F3N2OS/c1-5-7-8-9-23-13(4)15(17(18,19)20)10-14(6-2)22-16-21-12(3)11-24-16/h6,10-11H,4-5,7-9H2,1-3H3,(H,21,22)/b14-6+,15-10+. The quantitative estimate of drug-likeness (QED) is 0.334. The van der Waals surface area contributed by atoms with Crippen molar-refractivity contribution < 1.29 is 17.9 Å². The van der Waals surface area contributed by atoms with E-state index in [1.54, 1.807) is 13.0 Å². The number of hydrogen-bond acceptors (Lipinski definition) is 4. The fourth-order valence-corrected chi connectivity index (χ4v) is 2.54. The number of anilines is 1. The SMILES string of the molecule is C=C(OCCCCC)/C(=C\C(=C/C)Nc1nc(C)cs1)C(F)(F)F. The number of halogens is 3. The van der Waals surface area contributed by atoms with Gasteiger partial charge in [0.2, 0.25) is 0 Å². The van der Waals surface area contributed by atoms with E-state index in [1.807, 2.05) is 19.2 Å². The van der Waals surface area contributed by atoms with E-state index in [0.29, 0.717) is 11.6 Å². The molecule has 3 nitrogen and oxygen atoms in total. The molecule has 0 bridgehead atoms. The average Bonchev–Trinajstić information content (AvgIpc) is 2.91. The summed E-state index contributed by atoms with van der Waals surface area (Å²) >= 11 is 1.33. The molecule has 1 aromatic heterocycles. The molecule has 0 saturated heterocycles. The molecule has 1 heterocycles. The Kier molecular flexibility index (Phi) is 8.04.